The molecule has 0 fully saturated rings. The SMILES string of the molecule is O=C(NCCCc1ccccc1)c1ccc(NCc2ccncc2)nc1. The van der Waals surface area contributed by atoms with Crippen molar-refractivity contribution in [1.82, 2.24) is 15.3 Å². The zero-order chi connectivity index (χ0) is 18.0. The van der Waals surface area contributed by atoms with E-state index in [1.54, 1.807) is 24.7 Å². The molecule has 2 heterocycles. The lowest BCUT2D eigenvalue weighted by Crippen LogP contribution is -2.24. The van der Waals surface area contributed by atoms with E-state index in [1.807, 2.05) is 36.4 Å². The number of nitrogens with one attached hydrogen (secondary N) is 2. The summed E-state index contributed by atoms with van der Waals surface area (Å²) in [6.07, 6.45) is 6.98. The third-order valence-corrected chi connectivity index (χ3v) is 4.02. The van der Waals surface area contributed by atoms with Gasteiger partial charge in [0.15, 0.2) is 0 Å². The number of carbonyl (C=O) groups is 1. The maximum Gasteiger partial charge on any atom is 0.252 e. The first kappa shape index (κ1) is 17.6. The molecular weight excluding hydrogens is 324 g/mol. The molecule has 1 amide bonds. The lowest BCUT2D eigenvalue weighted by molar-refractivity contribution is 0.0953. The van der Waals surface area contributed by atoms with Crippen LogP contribution in [0.25, 0.3) is 0 Å². The Balaban J connectivity index is 1.41. The summed E-state index contributed by atoms with van der Waals surface area (Å²) in [4.78, 5) is 20.5. The summed E-state index contributed by atoms with van der Waals surface area (Å²) in [7, 11) is 0. The van der Waals surface area contributed by atoms with Crippen LogP contribution in [0, 0.1) is 0 Å². The van der Waals surface area contributed by atoms with Crippen LogP contribution in [0.1, 0.15) is 27.9 Å². The normalized spacial score (nSPS) is 10.3. The van der Waals surface area contributed by atoms with Gasteiger partial charge in [-0.05, 0) is 48.2 Å². The molecule has 0 saturated carbocycles. The van der Waals surface area contributed by atoms with Gasteiger partial charge in [-0.25, -0.2) is 4.98 Å². The van der Waals surface area contributed by atoms with Gasteiger partial charge in [-0.1, -0.05) is 30.3 Å². The van der Waals surface area contributed by atoms with Crippen LogP contribution in [0.3, 0.4) is 0 Å². The maximum absolute atomic E-state index is 12.2. The third kappa shape index (κ3) is 5.41. The molecule has 0 atom stereocenters. The topological polar surface area (TPSA) is 66.9 Å². The molecule has 0 aliphatic heterocycles. The van der Waals surface area contributed by atoms with Crippen molar-refractivity contribution in [3.63, 3.8) is 0 Å². The van der Waals surface area contributed by atoms with Crippen LogP contribution in [0.5, 0.6) is 0 Å². The fraction of sp³-hybridized carbons (Fsp3) is 0.190. The van der Waals surface area contributed by atoms with Gasteiger partial charge in [-0.15, -0.1) is 0 Å². The molecule has 2 aromatic heterocycles. The fourth-order valence-corrected chi connectivity index (χ4v) is 2.57. The molecule has 0 aliphatic rings. The minimum atomic E-state index is -0.0914. The number of anilines is 1. The Morgan fingerprint density at radius 2 is 1.73 bits per heavy atom. The molecule has 0 saturated heterocycles. The highest BCUT2D eigenvalue weighted by Crippen LogP contribution is 2.08. The Morgan fingerprint density at radius 1 is 0.923 bits per heavy atom. The van der Waals surface area contributed by atoms with Gasteiger partial charge in [0.1, 0.15) is 5.82 Å². The van der Waals surface area contributed by atoms with Crippen LogP contribution in [0.15, 0.2) is 73.2 Å². The minimum Gasteiger partial charge on any atom is -0.366 e. The molecule has 1 aromatic carbocycles. The smallest absolute Gasteiger partial charge is 0.252 e. The number of hydrogen-bond acceptors (Lipinski definition) is 4. The second-order valence-electron chi connectivity index (χ2n) is 5.99. The lowest BCUT2D eigenvalue weighted by Gasteiger charge is -2.08. The van der Waals surface area contributed by atoms with E-state index in [1.165, 1.54) is 5.56 Å². The molecular formula is C21H22N4O. The summed E-state index contributed by atoms with van der Waals surface area (Å²) in [6, 6.07) is 17.8. The van der Waals surface area contributed by atoms with Crippen LogP contribution >= 0.6 is 0 Å². The van der Waals surface area contributed by atoms with Crippen LogP contribution in [0.2, 0.25) is 0 Å². The van der Waals surface area contributed by atoms with Gasteiger partial charge in [0.2, 0.25) is 0 Å². The highest BCUT2D eigenvalue weighted by atomic mass is 16.1. The zero-order valence-electron chi connectivity index (χ0n) is 14.6. The Morgan fingerprint density at radius 3 is 2.46 bits per heavy atom. The van der Waals surface area contributed by atoms with Crippen LogP contribution < -0.4 is 10.6 Å². The first-order valence-electron chi connectivity index (χ1n) is 8.72. The molecule has 0 aliphatic carbocycles. The van der Waals surface area contributed by atoms with E-state index < -0.39 is 0 Å². The number of carbonyl (C=O) groups excluding carboxylic acids is 1. The summed E-state index contributed by atoms with van der Waals surface area (Å²) in [5.41, 5.74) is 2.98. The Hall–Kier alpha value is -3.21. The summed E-state index contributed by atoms with van der Waals surface area (Å²) in [5.74, 6) is 0.647. The summed E-state index contributed by atoms with van der Waals surface area (Å²) in [6.45, 7) is 1.32. The number of nitrogens with zero attached hydrogens (tertiary/aromatic N) is 2. The van der Waals surface area contributed by atoms with Crippen molar-refractivity contribution in [2.75, 3.05) is 11.9 Å². The predicted octanol–water partition coefficient (Wildman–Crippen LogP) is 3.45. The third-order valence-electron chi connectivity index (χ3n) is 4.02. The van der Waals surface area contributed by atoms with Crippen molar-refractivity contribution >= 4 is 11.7 Å². The summed E-state index contributed by atoms with van der Waals surface area (Å²) < 4.78 is 0. The highest BCUT2D eigenvalue weighted by molar-refractivity contribution is 5.94. The monoisotopic (exact) mass is 346 g/mol. The number of pyridine rings is 2. The van der Waals surface area contributed by atoms with Gasteiger partial charge in [-0.3, -0.25) is 9.78 Å². The second-order valence-corrected chi connectivity index (χ2v) is 5.99. The molecule has 0 spiro atoms. The molecule has 5 heteroatoms. The van der Waals surface area contributed by atoms with Gasteiger partial charge in [0, 0.05) is 31.7 Å². The molecule has 132 valence electrons. The average Bonchev–Trinajstić information content (AvgIpc) is 2.71. The second kappa shape index (κ2) is 9.32. The van der Waals surface area contributed by atoms with E-state index in [4.69, 9.17) is 0 Å². The largest absolute Gasteiger partial charge is 0.366 e. The fourth-order valence-electron chi connectivity index (χ4n) is 2.57. The van der Waals surface area contributed by atoms with E-state index in [0.717, 1.165) is 24.2 Å². The van der Waals surface area contributed by atoms with Crippen molar-refractivity contribution in [2.24, 2.45) is 0 Å². The molecule has 0 radical (unpaired) electrons. The number of amides is 1. The quantitative estimate of drug-likeness (QED) is 0.613. The predicted molar refractivity (Wildman–Crippen MR) is 103 cm³/mol. The molecule has 26 heavy (non-hydrogen) atoms. The van der Waals surface area contributed by atoms with Crippen molar-refractivity contribution in [1.29, 1.82) is 0 Å². The van der Waals surface area contributed by atoms with Gasteiger partial charge in [0.25, 0.3) is 5.91 Å². The Labute approximate surface area is 153 Å². The van der Waals surface area contributed by atoms with Crippen LogP contribution in [-0.4, -0.2) is 22.4 Å². The zero-order valence-corrected chi connectivity index (χ0v) is 14.6. The first-order valence-corrected chi connectivity index (χ1v) is 8.72. The molecule has 5 nitrogen and oxygen atoms in total. The van der Waals surface area contributed by atoms with Gasteiger partial charge in [0.05, 0.1) is 5.56 Å². The summed E-state index contributed by atoms with van der Waals surface area (Å²) in [5, 5.41) is 6.17. The van der Waals surface area contributed by atoms with E-state index >= 15 is 0 Å². The van der Waals surface area contributed by atoms with E-state index in [2.05, 4.69) is 32.7 Å². The van der Waals surface area contributed by atoms with E-state index in [-0.39, 0.29) is 5.91 Å². The number of rotatable bonds is 8. The van der Waals surface area contributed by atoms with Crippen LogP contribution in [0.4, 0.5) is 5.82 Å². The lowest BCUT2D eigenvalue weighted by atomic mass is 10.1. The number of aromatic nitrogens is 2. The van der Waals surface area contributed by atoms with Crippen molar-refractivity contribution < 1.29 is 4.79 Å². The number of benzene rings is 1. The number of aryl methyl sites for hydroxylation is 1. The molecule has 2 N–H and O–H groups in total. The standard InChI is InChI=1S/C21H22N4O/c26-21(23-12-4-7-17-5-2-1-3-6-17)19-8-9-20(25-16-19)24-15-18-10-13-22-14-11-18/h1-3,5-6,8-11,13-14,16H,4,7,12,15H2,(H,23,26)(H,24,25). The maximum atomic E-state index is 12.2. The van der Waals surface area contributed by atoms with Gasteiger partial charge < -0.3 is 10.6 Å². The van der Waals surface area contributed by atoms with E-state index in [0.29, 0.717) is 18.7 Å². The average molecular weight is 346 g/mol. The molecule has 3 rings (SSSR count). The number of hydrogen-bond donors (Lipinski definition) is 2. The molecule has 0 unspecified atom stereocenters. The van der Waals surface area contributed by atoms with E-state index in [9.17, 15) is 4.79 Å². The molecule has 3 aromatic rings. The Bertz CT molecular complexity index is 804. The van der Waals surface area contributed by atoms with Gasteiger partial charge >= 0.3 is 0 Å². The van der Waals surface area contributed by atoms with Crippen molar-refractivity contribution in [3.05, 3.63) is 89.9 Å². The summed E-state index contributed by atoms with van der Waals surface area (Å²) >= 11 is 0. The highest BCUT2D eigenvalue weighted by Gasteiger charge is 2.05. The first-order chi connectivity index (χ1) is 12.8. The van der Waals surface area contributed by atoms with Crippen molar-refractivity contribution in [3.8, 4) is 0 Å². The molecule has 0 bridgehead atoms. The van der Waals surface area contributed by atoms with Crippen molar-refractivity contribution in [2.45, 2.75) is 19.4 Å². The van der Waals surface area contributed by atoms with Gasteiger partial charge in [-0.2, -0.15) is 0 Å². The Kier molecular flexibility index (Phi) is 6.31. The van der Waals surface area contributed by atoms with Crippen LogP contribution in [-0.2, 0) is 13.0 Å². The minimum absolute atomic E-state index is 0.0914.